The van der Waals surface area contributed by atoms with Gasteiger partial charge < -0.3 is 5.32 Å². The van der Waals surface area contributed by atoms with E-state index in [0.717, 1.165) is 15.4 Å². The van der Waals surface area contributed by atoms with Crippen molar-refractivity contribution in [2.45, 2.75) is 0 Å². The number of nitrogens with one attached hydrogen (secondary N) is 1. The van der Waals surface area contributed by atoms with Crippen LogP contribution in [0.15, 0.2) is 59.3 Å². The Bertz CT molecular complexity index is 774. The molecule has 1 amide bonds. The van der Waals surface area contributed by atoms with E-state index in [2.05, 4.69) is 31.2 Å². The standard InChI is InChI=1S/C15H10BrN3O/c16-10-4-5-12-11(9-10)13(6-8-18-12)19-15(20)14-3-1-2-7-17-14/h1-9H,(H,18,19,20). The van der Waals surface area contributed by atoms with Gasteiger partial charge in [0.2, 0.25) is 0 Å². The van der Waals surface area contributed by atoms with Gasteiger partial charge in [0.1, 0.15) is 5.69 Å². The molecule has 1 N–H and O–H groups in total. The molecular weight excluding hydrogens is 318 g/mol. The van der Waals surface area contributed by atoms with Gasteiger partial charge in [-0.05, 0) is 36.4 Å². The number of fused-ring (bicyclic) bond motifs is 1. The third kappa shape index (κ3) is 2.53. The van der Waals surface area contributed by atoms with Crippen LogP contribution in [0.4, 0.5) is 5.69 Å². The first-order valence-electron chi connectivity index (χ1n) is 6.01. The summed E-state index contributed by atoms with van der Waals surface area (Å²) in [6, 6.07) is 12.7. The number of rotatable bonds is 2. The van der Waals surface area contributed by atoms with Crippen LogP contribution in [-0.4, -0.2) is 15.9 Å². The molecule has 3 aromatic rings. The number of carbonyl (C=O) groups is 1. The molecule has 0 bridgehead atoms. The average molecular weight is 328 g/mol. The minimum atomic E-state index is -0.238. The summed E-state index contributed by atoms with van der Waals surface area (Å²) in [4.78, 5) is 20.4. The predicted molar refractivity (Wildman–Crippen MR) is 81.6 cm³/mol. The third-order valence-corrected chi connectivity index (χ3v) is 3.34. The van der Waals surface area contributed by atoms with Crippen LogP contribution in [0.2, 0.25) is 0 Å². The maximum absolute atomic E-state index is 12.1. The van der Waals surface area contributed by atoms with Crippen LogP contribution in [0, 0.1) is 0 Å². The van der Waals surface area contributed by atoms with Gasteiger partial charge in [-0.3, -0.25) is 14.8 Å². The number of anilines is 1. The number of amides is 1. The summed E-state index contributed by atoms with van der Waals surface area (Å²) in [5.41, 5.74) is 1.92. The van der Waals surface area contributed by atoms with Crippen molar-refractivity contribution < 1.29 is 4.79 Å². The number of benzene rings is 1. The lowest BCUT2D eigenvalue weighted by molar-refractivity contribution is 0.102. The first kappa shape index (κ1) is 12.7. The van der Waals surface area contributed by atoms with E-state index in [1.54, 1.807) is 36.7 Å². The molecule has 4 nitrogen and oxygen atoms in total. The first-order valence-corrected chi connectivity index (χ1v) is 6.80. The summed E-state index contributed by atoms with van der Waals surface area (Å²) >= 11 is 3.42. The summed E-state index contributed by atoms with van der Waals surface area (Å²) in [7, 11) is 0. The smallest absolute Gasteiger partial charge is 0.274 e. The zero-order chi connectivity index (χ0) is 13.9. The second kappa shape index (κ2) is 5.38. The summed E-state index contributed by atoms with van der Waals surface area (Å²) < 4.78 is 0.936. The lowest BCUT2D eigenvalue weighted by Crippen LogP contribution is -2.13. The normalized spacial score (nSPS) is 10.4. The molecule has 0 spiro atoms. The van der Waals surface area contributed by atoms with Gasteiger partial charge >= 0.3 is 0 Å². The first-order chi connectivity index (χ1) is 9.74. The van der Waals surface area contributed by atoms with Gasteiger partial charge in [0, 0.05) is 22.3 Å². The van der Waals surface area contributed by atoms with Crippen molar-refractivity contribution in [2.75, 3.05) is 5.32 Å². The summed E-state index contributed by atoms with van der Waals surface area (Å²) in [6.45, 7) is 0. The zero-order valence-corrected chi connectivity index (χ0v) is 12.0. The number of hydrogen-bond acceptors (Lipinski definition) is 3. The third-order valence-electron chi connectivity index (χ3n) is 2.85. The number of halogens is 1. The number of carbonyl (C=O) groups excluding carboxylic acids is 1. The Morgan fingerprint density at radius 3 is 2.75 bits per heavy atom. The largest absolute Gasteiger partial charge is 0.320 e. The molecule has 0 unspecified atom stereocenters. The Labute approximate surface area is 124 Å². The van der Waals surface area contributed by atoms with E-state index < -0.39 is 0 Å². The molecule has 20 heavy (non-hydrogen) atoms. The predicted octanol–water partition coefficient (Wildman–Crippen LogP) is 3.64. The molecule has 0 aliphatic heterocycles. The highest BCUT2D eigenvalue weighted by atomic mass is 79.9. The minimum Gasteiger partial charge on any atom is -0.320 e. The van der Waals surface area contributed by atoms with Crippen molar-refractivity contribution in [3.05, 3.63) is 65.0 Å². The Morgan fingerprint density at radius 1 is 1.05 bits per heavy atom. The van der Waals surface area contributed by atoms with Gasteiger partial charge in [-0.25, -0.2) is 0 Å². The van der Waals surface area contributed by atoms with Crippen molar-refractivity contribution in [3.63, 3.8) is 0 Å². The van der Waals surface area contributed by atoms with Crippen LogP contribution >= 0.6 is 15.9 Å². The molecule has 0 fully saturated rings. The van der Waals surface area contributed by atoms with E-state index in [-0.39, 0.29) is 5.91 Å². The fourth-order valence-electron chi connectivity index (χ4n) is 1.91. The van der Waals surface area contributed by atoms with Crippen molar-refractivity contribution in [1.29, 1.82) is 0 Å². The van der Waals surface area contributed by atoms with Crippen LogP contribution < -0.4 is 5.32 Å². The number of hydrogen-bond donors (Lipinski definition) is 1. The van der Waals surface area contributed by atoms with E-state index >= 15 is 0 Å². The van der Waals surface area contributed by atoms with Gasteiger partial charge in [-0.15, -0.1) is 0 Å². The van der Waals surface area contributed by atoms with Gasteiger partial charge in [-0.1, -0.05) is 22.0 Å². The lowest BCUT2D eigenvalue weighted by Gasteiger charge is -2.08. The van der Waals surface area contributed by atoms with Crippen LogP contribution in [-0.2, 0) is 0 Å². The van der Waals surface area contributed by atoms with Crippen LogP contribution in [0.5, 0.6) is 0 Å². The van der Waals surface area contributed by atoms with E-state index in [0.29, 0.717) is 11.4 Å². The van der Waals surface area contributed by atoms with Crippen LogP contribution in [0.3, 0.4) is 0 Å². The molecule has 1 aromatic carbocycles. The summed E-state index contributed by atoms with van der Waals surface area (Å²) in [5, 5.41) is 3.75. The average Bonchev–Trinajstić information content (AvgIpc) is 2.49. The van der Waals surface area contributed by atoms with Crippen LogP contribution in [0.25, 0.3) is 10.9 Å². The van der Waals surface area contributed by atoms with Gasteiger partial charge in [0.05, 0.1) is 11.2 Å². The molecule has 0 saturated heterocycles. The molecule has 98 valence electrons. The molecule has 3 rings (SSSR count). The van der Waals surface area contributed by atoms with Gasteiger partial charge in [0.25, 0.3) is 5.91 Å². The second-order valence-electron chi connectivity index (χ2n) is 4.19. The Kier molecular flexibility index (Phi) is 3.43. The highest BCUT2D eigenvalue weighted by Crippen LogP contribution is 2.25. The van der Waals surface area contributed by atoms with Gasteiger partial charge in [0.15, 0.2) is 0 Å². The zero-order valence-electron chi connectivity index (χ0n) is 10.4. The molecule has 0 radical (unpaired) electrons. The molecule has 0 atom stereocenters. The van der Waals surface area contributed by atoms with E-state index in [9.17, 15) is 4.79 Å². The van der Waals surface area contributed by atoms with Gasteiger partial charge in [-0.2, -0.15) is 0 Å². The van der Waals surface area contributed by atoms with Crippen molar-refractivity contribution in [1.82, 2.24) is 9.97 Å². The molecule has 5 heteroatoms. The maximum Gasteiger partial charge on any atom is 0.274 e. The maximum atomic E-state index is 12.1. The molecule has 0 aliphatic rings. The van der Waals surface area contributed by atoms with Crippen LogP contribution in [0.1, 0.15) is 10.5 Å². The highest BCUT2D eigenvalue weighted by molar-refractivity contribution is 9.10. The molecule has 0 aliphatic carbocycles. The summed E-state index contributed by atoms with van der Waals surface area (Å²) in [6.07, 6.45) is 3.26. The number of aromatic nitrogens is 2. The van der Waals surface area contributed by atoms with E-state index in [4.69, 9.17) is 0 Å². The highest BCUT2D eigenvalue weighted by Gasteiger charge is 2.09. The SMILES string of the molecule is O=C(Nc1ccnc2ccc(Br)cc12)c1ccccn1. The van der Waals surface area contributed by atoms with E-state index in [1.807, 2.05) is 18.2 Å². The molecule has 2 heterocycles. The Balaban J connectivity index is 1.99. The fourth-order valence-corrected chi connectivity index (χ4v) is 2.27. The second-order valence-corrected chi connectivity index (χ2v) is 5.10. The lowest BCUT2D eigenvalue weighted by atomic mass is 10.2. The number of pyridine rings is 2. The van der Waals surface area contributed by atoms with Crippen molar-refractivity contribution in [3.8, 4) is 0 Å². The Hall–Kier alpha value is -2.27. The Morgan fingerprint density at radius 2 is 1.95 bits per heavy atom. The topological polar surface area (TPSA) is 54.9 Å². The fraction of sp³-hybridized carbons (Fsp3) is 0. The molecule has 0 saturated carbocycles. The molecule has 2 aromatic heterocycles. The summed E-state index contributed by atoms with van der Waals surface area (Å²) in [5.74, 6) is -0.238. The minimum absolute atomic E-state index is 0.238. The quantitative estimate of drug-likeness (QED) is 0.781. The number of nitrogens with zero attached hydrogens (tertiary/aromatic N) is 2. The molecular formula is C15H10BrN3O. The van der Waals surface area contributed by atoms with Crippen molar-refractivity contribution in [2.24, 2.45) is 0 Å². The van der Waals surface area contributed by atoms with Crippen molar-refractivity contribution >= 4 is 38.4 Å². The monoisotopic (exact) mass is 327 g/mol. The van der Waals surface area contributed by atoms with E-state index in [1.165, 1.54) is 0 Å².